The third kappa shape index (κ3) is 2.86. The van der Waals surface area contributed by atoms with Crippen molar-refractivity contribution in [3.63, 3.8) is 0 Å². The van der Waals surface area contributed by atoms with E-state index in [1.807, 2.05) is 29.7 Å². The number of imidazole rings is 1. The molecular weight excluding hydrogens is 412 g/mol. The first-order valence-corrected chi connectivity index (χ1v) is 9.38. The number of pyridine rings is 1. The molecule has 0 aliphatic heterocycles. The van der Waals surface area contributed by atoms with E-state index in [2.05, 4.69) is 20.1 Å². The molecule has 0 aliphatic carbocycles. The van der Waals surface area contributed by atoms with E-state index in [1.54, 1.807) is 6.20 Å². The minimum Gasteiger partial charge on any atom is -0.368 e. The van der Waals surface area contributed by atoms with Crippen LogP contribution in [0, 0.1) is 18.6 Å². The Bertz CT molecular complexity index is 1420. The normalized spacial score (nSPS) is 11.6. The Kier molecular flexibility index (Phi) is 4.14. The van der Waals surface area contributed by atoms with Gasteiger partial charge in [0.05, 0.1) is 5.56 Å². The van der Waals surface area contributed by atoms with Crippen molar-refractivity contribution in [3.05, 3.63) is 76.6 Å². The van der Waals surface area contributed by atoms with E-state index in [1.165, 1.54) is 22.7 Å². The lowest BCUT2D eigenvalue weighted by Crippen LogP contribution is -2.05. The quantitative estimate of drug-likeness (QED) is 0.444. The molecule has 0 spiro atoms. The highest BCUT2D eigenvalue weighted by Crippen LogP contribution is 2.32. The standard InChI is InChI=1S/C20H14ClF2N7/c1-10-8-25-16-6-5-11(9-29(10)16)17-18(21)27-20(24)30-19(17)26-15(28-30)7-12-13(22)3-2-4-14(12)23/h2-6,8-9H,7H2,1H3,(H2,24,27). The number of fused-ring (bicyclic) bond motifs is 2. The molecule has 4 aromatic heterocycles. The number of nitrogens with zero attached hydrogens (tertiary/aromatic N) is 6. The molecule has 0 atom stereocenters. The molecule has 150 valence electrons. The number of hydrogen-bond acceptors (Lipinski definition) is 5. The maximum Gasteiger partial charge on any atom is 0.224 e. The number of benzene rings is 1. The SMILES string of the molecule is Cc1cnc2ccc(-c3c(Cl)nc(N)n4nc(Cc5c(F)cccc5F)nc34)cn12. The molecule has 0 bridgehead atoms. The van der Waals surface area contributed by atoms with Crippen LogP contribution in [-0.2, 0) is 6.42 Å². The van der Waals surface area contributed by atoms with Gasteiger partial charge in [-0.2, -0.15) is 4.52 Å². The molecule has 0 unspecified atom stereocenters. The van der Waals surface area contributed by atoms with Crippen molar-refractivity contribution in [2.45, 2.75) is 13.3 Å². The van der Waals surface area contributed by atoms with Gasteiger partial charge in [-0.15, -0.1) is 5.10 Å². The summed E-state index contributed by atoms with van der Waals surface area (Å²) in [5.74, 6) is -1.12. The minimum atomic E-state index is -0.667. The van der Waals surface area contributed by atoms with Crippen LogP contribution in [0.1, 0.15) is 17.1 Å². The largest absolute Gasteiger partial charge is 0.368 e. The van der Waals surface area contributed by atoms with Crippen molar-refractivity contribution >= 4 is 28.8 Å². The lowest BCUT2D eigenvalue weighted by atomic mass is 10.1. The average molecular weight is 426 g/mol. The number of nitrogens with two attached hydrogens (primary N) is 1. The van der Waals surface area contributed by atoms with Crippen molar-refractivity contribution in [1.29, 1.82) is 0 Å². The predicted molar refractivity (Wildman–Crippen MR) is 108 cm³/mol. The Labute approximate surface area is 173 Å². The molecule has 30 heavy (non-hydrogen) atoms. The Balaban J connectivity index is 1.69. The van der Waals surface area contributed by atoms with Crippen LogP contribution >= 0.6 is 11.6 Å². The smallest absolute Gasteiger partial charge is 0.224 e. The van der Waals surface area contributed by atoms with E-state index in [0.717, 1.165) is 16.9 Å². The second kappa shape index (κ2) is 6.74. The Morgan fingerprint density at radius 1 is 1.10 bits per heavy atom. The highest BCUT2D eigenvalue weighted by molar-refractivity contribution is 6.33. The molecule has 1 aromatic carbocycles. The van der Waals surface area contributed by atoms with Crippen LogP contribution in [0.2, 0.25) is 5.15 Å². The van der Waals surface area contributed by atoms with Gasteiger partial charge in [-0.25, -0.2) is 23.7 Å². The minimum absolute atomic E-state index is 0.0198. The molecule has 2 N–H and O–H groups in total. The molecule has 0 fully saturated rings. The van der Waals surface area contributed by atoms with Crippen molar-refractivity contribution in [2.24, 2.45) is 0 Å². The first-order chi connectivity index (χ1) is 14.4. The van der Waals surface area contributed by atoms with Gasteiger partial charge in [-0.05, 0) is 31.2 Å². The monoisotopic (exact) mass is 425 g/mol. The van der Waals surface area contributed by atoms with E-state index in [4.69, 9.17) is 17.3 Å². The number of rotatable bonds is 3. The zero-order valence-electron chi connectivity index (χ0n) is 15.6. The Morgan fingerprint density at radius 2 is 1.87 bits per heavy atom. The van der Waals surface area contributed by atoms with Crippen molar-refractivity contribution in [2.75, 3.05) is 5.73 Å². The second-order valence-electron chi connectivity index (χ2n) is 6.82. The fourth-order valence-electron chi connectivity index (χ4n) is 3.41. The number of aryl methyl sites for hydroxylation is 1. The van der Waals surface area contributed by atoms with Gasteiger partial charge in [0.15, 0.2) is 11.5 Å². The maximum atomic E-state index is 14.1. The van der Waals surface area contributed by atoms with Gasteiger partial charge in [0, 0.05) is 35.6 Å². The summed E-state index contributed by atoms with van der Waals surface area (Å²) >= 11 is 6.41. The van der Waals surface area contributed by atoms with Crippen molar-refractivity contribution in [1.82, 2.24) is 29.0 Å². The maximum absolute atomic E-state index is 14.1. The number of aromatic nitrogens is 6. The third-order valence-electron chi connectivity index (χ3n) is 4.89. The topological polar surface area (TPSA) is 86.4 Å². The molecule has 0 radical (unpaired) electrons. The van der Waals surface area contributed by atoms with Crippen molar-refractivity contribution < 1.29 is 8.78 Å². The van der Waals surface area contributed by atoms with Crippen LogP contribution in [0.4, 0.5) is 14.7 Å². The van der Waals surface area contributed by atoms with Crippen LogP contribution in [0.3, 0.4) is 0 Å². The summed E-state index contributed by atoms with van der Waals surface area (Å²) in [6.07, 6.45) is 3.48. The third-order valence-corrected chi connectivity index (χ3v) is 5.16. The average Bonchev–Trinajstić information content (AvgIpc) is 3.29. The predicted octanol–water partition coefficient (Wildman–Crippen LogP) is 3.85. The van der Waals surface area contributed by atoms with E-state index >= 15 is 0 Å². The van der Waals surface area contributed by atoms with Gasteiger partial charge < -0.3 is 10.1 Å². The summed E-state index contributed by atoms with van der Waals surface area (Å²) in [6.45, 7) is 1.93. The van der Waals surface area contributed by atoms with Gasteiger partial charge >= 0.3 is 0 Å². The molecule has 0 saturated carbocycles. The molecule has 5 aromatic rings. The molecule has 5 rings (SSSR count). The Morgan fingerprint density at radius 3 is 2.63 bits per heavy atom. The van der Waals surface area contributed by atoms with Gasteiger partial charge in [0.2, 0.25) is 5.95 Å². The molecule has 0 aliphatic rings. The second-order valence-corrected chi connectivity index (χ2v) is 7.18. The number of hydrogen-bond donors (Lipinski definition) is 1. The summed E-state index contributed by atoms with van der Waals surface area (Å²) in [5, 5.41) is 4.44. The molecular formula is C20H14ClF2N7. The van der Waals surface area contributed by atoms with Crippen LogP contribution < -0.4 is 5.73 Å². The lowest BCUT2D eigenvalue weighted by Gasteiger charge is -2.08. The highest BCUT2D eigenvalue weighted by atomic mass is 35.5. The highest BCUT2D eigenvalue weighted by Gasteiger charge is 2.20. The summed E-state index contributed by atoms with van der Waals surface area (Å²) in [4.78, 5) is 12.9. The van der Waals surface area contributed by atoms with E-state index in [9.17, 15) is 8.78 Å². The molecule has 0 saturated heterocycles. The number of halogens is 3. The zero-order chi connectivity index (χ0) is 21.0. The fourth-order valence-corrected chi connectivity index (χ4v) is 3.69. The molecule has 0 amide bonds. The van der Waals surface area contributed by atoms with Crippen LogP contribution in [-0.4, -0.2) is 29.0 Å². The molecule has 7 nitrogen and oxygen atoms in total. The van der Waals surface area contributed by atoms with Gasteiger partial charge in [-0.3, -0.25) is 0 Å². The Hall–Kier alpha value is -3.59. The lowest BCUT2D eigenvalue weighted by molar-refractivity contribution is 0.559. The van der Waals surface area contributed by atoms with E-state index < -0.39 is 11.6 Å². The van der Waals surface area contributed by atoms with Crippen LogP contribution in [0.25, 0.3) is 22.4 Å². The summed E-state index contributed by atoms with van der Waals surface area (Å²) in [7, 11) is 0. The van der Waals surface area contributed by atoms with Crippen LogP contribution in [0.5, 0.6) is 0 Å². The fraction of sp³-hybridized carbons (Fsp3) is 0.100. The first-order valence-electron chi connectivity index (χ1n) is 9.00. The van der Waals surface area contributed by atoms with Gasteiger partial charge in [0.1, 0.15) is 22.4 Å². The zero-order valence-corrected chi connectivity index (χ0v) is 16.4. The van der Waals surface area contributed by atoms with E-state index in [-0.39, 0.29) is 28.9 Å². The summed E-state index contributed by atoms with van der Waals surface area (Å²) < 4.78 is 31.4. The van der Waals surface area contributed by atoms with Gasteiger partial charge in [0.25, 0.3) is 0 Å². The molecule has 4 heterocycles. The van der Waals surface area contributed by atoms with Crippen LogP contribution in [0.15, 0.2) is 42.7 Å². The van der Waals surface area contributed by atoms with Crippen molar-refractivity contribution in [3.8, 4) is 11.1 Å². The number of nitrogen functional groups attached to an aromatic ring is 1. The summed E-state index contributed by atoms with van der Waals surface area (Å²) in [5.41, 5.74) is 9.15. The molecule has 10 heteroatoms. The first kappa shape index (κ1) is 18.4. The summed E-state index contributed by atoms with van der Waals surface area (Å²) in [6, 6.07) is 7.37. The van der Waals surface area contributed by atoms with E-state index in [0.29, 0.717) is 11.2 Å². The van der Waals surface area contributed by atoms with Gasteiger partial charge in [-0.1, -0.05) is 17.7 Å². The number of anilines is 1.